The lowest BCUT2D eigenvalue weighted by atomic mass is 9.77. The van der Waals surface area contributed by atoms with Crippen LogP contribution in [0.1, 0.15) is 44.6 Å². The highest BCUT2D eigenvalue weighted by Crippen LogP contribution is 2.43. The van der Waals surface area contributed by atoms with Crippen LogP contribution in [0.15, 0.2) is 24.5 Å². The van der Waals surface area contributed by atoms with Gasteiger partial charge in [-0.3, -0.25) is 0 Å². The van der Waals surface area contributed by atoms with Crippen molar-refractivity contribution < 1.29 is 17.9 Å². The van der Waals surface area contributed by atoms with Crippen LogP contribution in [0.25, 0.3) is 22.3 Å². The van der Waals surface area contributed by atoms with Crippen molar-refractivity contribution >= 4 is 22.8 Å². The highest BCUT2D eigenvalue weighted by molar-refractivity contribution is 5.94. The van der Waals surface area contributed by atoms with Gasteiger partial charge in [-0.2, -0.15) is 13.2 Å². The van der Waals surface area contributed by atoms with Gasteiger partial charge < -0.3 is 25.3 Å². The van der Waals surface area contributed by atoms with Gasteiger partial charge in [0.05, 0.1) is 18.4 Å². The second kappa shape index (κ2) is 9.43. The minimum atomic E-state index is -4.58. The van der Waals surface area contributed by atoms with Crippen molar-refractivity contribution in [3.63, 3.8) is 0 Å². The van der Waals surface area contributed by atoms with Crippen molar-refractivity contribution in [2.75, 3.05) is 43.0 Å². The van der Waals surface area contributed by atoms with Crippen LogP contribution >= 0.6 is 0 Å². The van der Waals surface area contributed by atoms with Crippen LogP contribution in [0.5, 0.6) is 0 Å². The van der Waals surface area contributed by atoms with Crippen molar-refractivity contribution in [2.24, 2.45) is 5.41 Å². The number of halogens is 3. The Morgan fingerprint density at radius 2 is 2.03 bits per heavy atom. The second-order valence-electron chi connectivity index (χ2n) is 10.7. The van der Waals surface area contributed by atoms with E-state index >= 15 is 0 Å². The predicted molar refractivity (Wildman–Crippen MR) is 136 cm³/mol. The fraction of sp³-hybridized carbons (Fsp3) is 0.577. The summed E-state index contributed by atoms with van der Waals surface area (Å²) in [6.07, 6.45) is 3.28. The molecule has 2 atom stereocenters. The van der Waals surface area contributed by atoms with Crippen LogP contribution in [0.4, 0.5) is 24.9 Å². The number of pyridine rings is 1. The SMILES string of the molecule is C[C@H]1CC2(CCN(c3ccc4c(-c5nc(N[C@H]6CCCNC6)ncc5C(F)(F)F)c[nH]c4n3)CC2)CO1. The van der Waals surface area contributed by atoms with Gasteiger partial charge in [0.2, 0.25) is 5.95 Å². The third-order valence-electron chi connectivity index (χ3n) is 8.05. The number of fused-ring (bicyclic) bond motifs is 1. The largest absolute Gasteiger partial charge is 0.419 e. The van der Waals surface area contributed by atoms with Gasteiger partial charge in [-0.25, -0.2) is 15.0 Å². The number of ether oxygens (including phenoxy) is 1. The average molecular weight is 516 g/mol. The number of aromatic nitrogens is 4. The van der Waals surface area contributed by atoms with E-state index in [0.717, 1.165) is 76.9 Å². The van der Waals surface area contributed by atoms with Gasteiger partial charge in [0.25, 0.3) is 0 Å². The molecule has 3 saturated heterocycles. The zero-order valence-corrected chi connectivity index (χ0v) is 20.9. The standard InChI is InChI=1S/C26H32F3N7O/c1-16-11-25(15-37-16)6-9-36(10-7-25)21-5-4-18-19(13-31-23(18)34-21)22-20(26(27,28)29)14-32-24(35-22)33-17-3-2-8-30-12-17/h4-5,13-14,16-17,30H,2-3,6-12,15H2,1H3,(H,31,34)(H,32,33,35)/t16-,17-/m0/s1. The Balaban J connectivity index is 1.27. The molecule has 0 radical (unpaired) electrons. The van der Waals surface area contributed by atoms with Crippen molar-refractivity contribution in [1.29, 1.82) is 0 Å². The molecule has 0 aromatic carbocycles. The van der Waals surface area contributed by atoms with Crippen LogP contribution in [0, 0.1) is 5.41 Å². The summed E-state index contributed by atoms with van der Waals surface area (Å²) in [4.78, 5) is 18.4. The van der Waals surface area contributed by atoms with Crippen LogP contribution in [0.2, 0.25) is 0 Å². The quantitative estimate of drug-likeness (QED) is 0.468. The van der Waals surface area contributed by atoms with E-state index in [9.17, 15) is 13.2 Å². The van der Waals surface area contributed by atoms with E-state index in [1.54, 1.807) is 6.20 Å². The summed E-state index contributed by atoms with van der Waals surface area (Å²) in [5.74, 6) is 1.02. The molecule has 3 aromatic heterocycles. The first-order valence-corrected chi connectivity index (χ1v) is 13.1. The van der Waals surface area contributed by atoms with Gasteiger partial charge in [-0.05, 0) is 63.1 Å². The molecule has 0 saturated carbocycles. The summed E-state index contributed by atoms with van der Waals surface area (Å²) in [5, 5.41) is 7.08. The van der Waals surface area contributed by atoms with Crippen molar-refractivity contribution in [3.05, 3.63) is 30.1 Å². The Hall–Kier alpha value is -2.92. The molecule has 3 aliphatic rings. The Morgan fingerprint density at radius 1 is 1.19 bits per heavy atom. The molecule has 8 nitrogen and oxygen atoms in total. The Morgan fingerprint density at radius 3 is 2.73 bits per heavy atom. The molecule has 6 rings (SSSR count). The molecule has 3 aliphatic heterocycles. The molecule has 0 bridgehead atoms. The molecule has 1 spiro atoms. The molecule has 3 fully saturated rings. The van der Waals surface area contributed by atoms with Gasteiger partial charge in [-0.15, -0.1) is 0 Å². The van der Waals surface area contributed by atoms with E-state index in [4.69, 9.17) is 9.72 Å². The van der Waals surface area contributed by atoms with Gasteiger partial charge in [0.1, 0.15) is 17.0 Å². The number of alkyl halides is 3. The van der Waals surface area contributed by atoms with Crippen LogP contribution in [0.3, 0.4) is 0 Å². The molecular weight excluding hydrogens is 483 g/mol. The maximum Gasteiger partial charge on any atom is 0.419 e. The molecule has 198 valence electrons. The summed E-state index contributed by atoms with van der Waals surface area (Å²) in [7, 11) is 0. The maximum atomic E-state index is 13.9. The maximum absolute atomic E-state index is 13.9. The van der Waals surface area contributed by atoms with E-state index in [1.807, 2.05) is 12.1 Å². The lowest BCUT2D eigenvalue weighted by Gasteiger charge is -2.39. The zero-order valence-electron chi connectivity index (χ0n) is 20.9. The Kier molecular flexibility index (Phi) is 6.22. The van der Waals surface area contributed by atoms with Crippen LogP contribution in [-0.2, 0) is 10.9 Å². The van der Waals surface area contributed by atoms with Gasteiger partial charge in [0.15, 0.2) is 0 Å². The number of nitrogens with zero attached hydrogens (tertiary/aromatic N) is 4. The third-order valence-corrected chi connectivity index (χ3v) is 8.05. The van der Waals surface area contributed by atoms with Gasteiger partial charge in [-0.1, -0.05) is 0 Å². The lowest BCUT2D eigenvalue weighted by Crippen LogP contribution is -2.41. The molecule has 6 heterocycles. The highest BCUT2D eigenvalue weighted by atomic mass is 19.4. The summed E-state index contributed by atoms with van der Waals surface area (Å²) in [6.45, 7) is 6.39. The van der Waals surface area contributed by atoms with Crippen LogP contribution < -0.4 is 15.5 Å². The third kappa shape index (κ3) is 4.86. The molecule has 0 aliphatic carbocycles. The van der Waals surface area contributed by atoms with E-state index in [2.05, 4.69) is 37.4 Å². The van der Waals surface area contributed by atoms with E-state index < -0.39 is 11.7 Å². The van der Waals surface area contributed by atoms with E-state index in [-0.39, 0.29) is 23.1 Å². The number of hydrogen-bond donors (Lipinski definition) is 3. The molecular formula is C26H32F3N7O. The monoisotopic (exact) mass is 515 g/mol. The topological polar surface area (TPSA) is 91.0 Å². The Labute approximate surface area is 213 Å². The molecule has 37 heavy (non-hydrogen) atoms. The highest BCUT2D eigenvalue weighted by Gasteiger charge is 2.41. The summed E-state index contributed by atoms with van der Waals surface area (Å²) in [5.41, 5.74) is 0.163. The first-order valence-electron chi connectivity index (χ1n) is 13.1. The Bertz CT molecular complexity index is 1260. The summed E-state index contributed by atoms with van der Waals surface area (Å²) >= 11 is 0. The molecule has 11 heteroatoms. The number of hydrogen-bond acceptors (Lipinski definition) is 7. The molecule has 3 aromatic rings. The first kappa shape index (κ1) is 24.4. The average Bonchev–Trinajstić information content (AvgIpc) is 3.47. The molecule has 0 amide bonds. The number of nitrogens with one attached hydrogen (secondary N) is 3. The van der Waals surface area contributed by atoms with E-state index in [1.165, 1.54) is 0 Å². The van der Waals surface area contributed by atoms with E-state index in [0.29, 0.717) is 22.7 Å². The predicted octanol–water partition coefficient (Wildman–Crippen LogP) is 4.60. The minimum absolute atomic E-state index is 0.0771. The van der Waals surface area contributed by atoms with Crippen LogP contribution in [-0.4, -0.2) is 64.9 Å². The number of rotatable bonds is 4. The smallest absolute Gasteiger partial charge is 0.378 e. The van der Waals surface area contributed by atoms with Gasteiger partial charge >= 0.3 is 6.18 Å². The van der Waals surface area contributed by atoms with Crippen molar-refractivity contribution in [2.45, 2.75) is 57.3 Å². The molecule has 0 unspecified atom stereocenters. The van der Waals surface area contributed by atoms with Crippen molar-refractivity contribution in [3.8, 4) is 11.3 Å². The zero-order chi connectivity index (χ0) is 25.6. The number of piperidine rings is 2. The molecule has 3 N–H and O–H groups in total. The number of aromatic amines is 1. The summed E-state index contributed by atoms with van der Waals surface area (Å²) < 4.78 is 47.6. The first-order chi connectivity index (χ1) is 17.8. The lowest BCUT2D eigenvalue weighted by molar-refractivity contribution is -0.137. The second-order valence-corrected chi connectivity index (χ2v) is 10.7. The minimum Gasteiger partial charge on any atom is -0.378 e. The van der Waals surface area contributed by atoms with Crippen molar-refractivity contribution in [1.82, 2.24) is 25.3 Å². The number of anilines is 2. The summed E-state index contributed by atoms with van der Waals surface area (Å²) in [6, 6.07) is 3.81. The number of H-pyrrole nitrogens is 1. The fourth-order valence-electron chi connectivity index (χ4n) is 5.99. The fourth-order valence-corrected chi connectivity index (χ4v) is 5.99. The van der Waals surface area contributed by atoms with Gasteiger partial charge in [0, 0.05) is 49.0 Å². The normalized spacial score (nSPS) is 24.2.